The molecule has 258 valence electrons. The van der Waals surface area contributed by atoms with E-state index < -0.39 is 0 Å². The minimum Gasteiger partial charge on any atom is -0.310 e. The molecule has 0 saturated heterocycles. The van der Waals surface area contributed by atoms with Crippen LogP contribution in [0.4, 0.5) is 34.1 Å². The monoisotopic (exact) mass is 737 g/mol. The average Bonchev–Trinajstić information content (AvgIpc) is 3.97. The van der Waals surface area contributed by atoms with E-state index in [2.05, 4.69) is 202 Å². The van der Waals surface area contributed by atoms with Gasteiger partial charge in [-0.15, -0.1) is 22.7 Å². The molecule has 0 N–H and O–H groups in total. The molecule has 0 aliphatic heterocycles. The molecule has 0 atom stereocenters. The number of fused-ring (bicyclic) bond motifs is 11. The lowest BCUT2D eigenvalue weighted by Crippen LogP contribution is -2.09. The minimum absolute atomic E-state index is 1.14. The Kier molecular flexibility index (Phi) is 6.67. The summed E-state index contributed by atoms with van der Waals surface area (Å²) in [6, 6.07) is 68.2. The van der Waals surface area contributed by atoms with Gasteiger partial charge in [-0.2, -0.15) is 0 Å². The van der Waals surface area contributed by atoms with Crippen LogP contribution in [-0.4, -0.2) is 4.40 Å². The second kappa shape index (κ2) is 11.9. The molecule has 0 amide bonds. The fraction of sp³-hybridized carbons (Fsp3) is 0. The summed E-state index contributed by atoms with van der Waals surface area (Å²) in [6.07, 6.45) is 0. The predicted octanol–water partition coefficient (Wildman–Crippen LogP) is 15.4. The van der Waals surface area contributed by atoms with Gasteiger partial charge in [-0.1, -0.05) is 97.1 Å². The van der Waals surface area contributed by atoms with Crippen LogP contribution in [0.1, 0.15) is 0 Å². The van der Waals surface area contributed by atoms with Crippen molar-refractivity contribution in [1.82, 2.24) is 4.40 Å². The van der Waals surface area contributed by atoms with Gasteiger partial charge < -0.3 is 9.80 Å². The predicted molar refractivity (Wildman–Crippen MR) is 239 cm³/mol. The summed E-state index contributed by atoms with van der Waals surface area (Å²) in [6.45, 7) is 0. The quantitative estimate of drug-likeness (QED) is 0.168. The molecule has 55 heavy (non-hydrogen) atoms. The Balaban J connectivity index is 1.05. The van der Waals surface area contributed by atoms with Crippen molar-refractivity contribution in [2.24, 2.45) is 0 Å². The summed E-state index contributed by atoms with van der Waals surface area (Å²) >= 11 is 3.83. The van der Waals surface area contributed by atoms with Crippen LogP contribution < -0.4 is 9.80 Å². The lowest BCUT2D eigenvalue weighted by Gasteiger charge is -2.25. The van der Waals surface area contributed by atoms with Crippen molar-refractivity contribution in [1.29, 1.82) is 0 Å². The van der Waals surface area contributed by atoms with Gasteiger partial charge in [-0.05, 0) is 102 Å². The maximum atomic E-state index is 2.58. The standard InChI is InChI=1S/C50H31N3S2/c1-5-14-34(15-6-1)51(35-16-7-2-8-17-35)38-25-24-32-29-43-44(30-33(32)28-38)55-50-46(43)41-22-13-23-42-47(41)53(50)48-40-27-26-39(31-45(40)54-49(42)48)52(36-18-9-3-10-19-36)37-20-11-4-12-21-37/h1-31H. The van der Waals surface area contributed by atoms with Crippen LogP contribution in [0.3, 0.4) is 0 Å². The molecule has 0 radical (unpaired) electrons. The van der Waals surface area contributed by atoms with Crippen molar-refractivity contribution in [3.8, 4) is 0 Å². The van der Waals surface area contributed by atoms with E-state index >= 15 is 0 Å². The maximum absolute atomic E-state index is 2.58. The van der Waals surface area contributed by atoms with Gasteiger partial charge in [0, 0.05) is 70.5 Å². The van der Waals surface area contributed by atoms with Crippen molar-refractivity contribution < 1.29 is 0 Å². The van der Waals surface area contributed by atoms with Crippen LogP contribution in [0, 0.1) is 0 Å². The van der Waals surface area contributed by atoms with E-state index in [1.807, 2.05) is 22.7 Å². The number of thiophene rings is 2. The van der Waals surface area contributed by atoms with Crippen molar-refractivity contribution in [2.75, 3.05) is 9.80 Å². The fourth-order valence-corrected chi connectivity index (χ4v) is 11.2. The Bertz CT molecular complexity index is 3290. The minimum atomic E-state index is 1.14. The number of hydrogen-bond donors (Lipinski definition) is 0. The van der Waals surface area contributed by atoms with E-state index in [0.29, 0.717) is 0 Å². The molecule has 12 aromatic rings. The molecule has 0 aliphatic carbocycles. The Morgan fingerprint density at radius 2 is 0.891 bits per heavy atom. The topological polar surface area (TPSA) is 10.9 Å². The number of nitrogens with zero attached hydrogens (tertiary/aromatic N) is 3. The van der Waals surface area contributed by atoms with Crippen molar-refractivity contribution in [3.63, 3.8) is 0 Å². The second-order valence-electron chi connectivity index (χ2n) is 14.2. The molecular formula is C50H31N3S2. The normalized spacial score (nSPS) is 12.0. The molecule has 0 spiro atoms. The number of benzene rings is 8. The summed E-state index contributed by atoms with van der Waals surface area (Å²) in [5, 5.41) is 9.15. The molecule has 0 unspecified atom stereocenters. The molecule has 12 rings (SSSR count). The van der Waals surface area contributed by atoms with Gasteiger partial charge in [0.1, 0.15) is 4.83 Å². The Morgan fingerprint density at radius 3 is 1.51 bits per heavy atom. The maximum Gasteiger partial charge on any atom is 0.109 e. The molecule has 0 fully saturated rings. The van der Waals surface area contributed by atoms with Gasteiger partial charge in [-0.3, -0.25) is 4.40 Å². The van der Waals surface area contributed by atoms with Crippen molar-refractivity contribution >= 4 is 124 Å². The van der Waals surface area contributed by atoms with Crippen LogP contribution >= 0.6 is 22.7 Å². The largest absolute Gasteiger partial charge is 0.310 e. The lowest BCUT2D eigenvalue weighted by atomic mass is 10.0. The van der Waals surface area contributed by atoms with Gasteiger partial charge in [0.05, 0.1) is 15.7 Å². The summed E-state index contributed by atoms with van der Waals surface area (Å²) < 4.78 is 6.54. The van der Waals surface area contributed by atoms with Crippen LogP contribution in [0.25, 0.3) is 67.7 Å². The zero-order valence-electron chi connectivity index (χ0n) is 29.6. The first kappa shape index (κ1) is 30.8. The SMILES string of the molecule is c1ccc(N(c2ccccc2)c2ccc3cc4c(cc3c2)sc2c4c3cccc4c5sc6cc(N(c7ccccc7)c7ccccc7)ccc6c5n2c43)cc1. The average molecular weight is 738 g/mol. The van der Waals surface area contributed by atoms with Gasteiger partial charge in [-0.25, -0.2) is 0 Å². The highest BCUT2D eigenvalue weighted by atomic mass is 32.1. The van der Waals surface area contributed by atoms with Gasteiger partial charge in [0.2, 0.25) is 0 Å². The first-order valence-electron chi connectivity index (χ1n) is 18.6. The van der Waals surface area contributed by atoms with Crippen molar-refractivity contribution in [2.45, 2.75) is 0 Å². The van der Waals surface area contributed by atoms with Crippen molar-refractivity contribution in [3.05, 3.63) is 188 Å². The number of aromatic nitrogens is 1. The number of para-hydroxylation sites is 5. The van der Waals surface area contributed by atoms with Crippen LogP contribution in [0.2, 0.25) is 0 Å². The lowest BCUT2D eigenvalue weighted by molar-refractivity contribution is 1.29. The molecule has 5 heteroatoms. The highest BCUT2D eigenvalue weighted by molar-refractivity contribution is 7.27. The van der Waals surface area contributed by atoms with Crippen LogP contribution in [0.15, 0.2) is 188 Å². The summed E-state index contributed by atoms with van der Waals surface area (Å²) in [4.78, 5) is 6.01. The number of anilines is 6. The van der Waals surface area contributed by atoms with E-state index in [9.17, 15) is 0 Å². The third kappa shape index (κ3) is 4.61. The smallest absolute Gasteiger partial charge is 0.109 e. The van der Waals surface area contributed by atoms with Gasteiger partial charge in [0.25, 0.3) is 0 Å². The molecule has 4 aromatic heterocycles. The van der Waals surface area contributed by atoms with E-state index in [1.54, 1.807) is 0 Å². The van der Waals surface area contributed by atoms with Crippen LogP contribution in [0.5, 0.6) is 0 Å². The molecule has 3 nitrogen and oxygen atoms in total. The highest BCUT2D eigenvalue weighted by Crippen LogP contribution is 2.50. The molecule has 0 bridgehead atoms. The second-order valence-corrected chi connectivity index (χ2v) is 16.3. The van der Waals surface area contributed by atoms with E-state index in [1.165, 1.54) is 67.7 Å². The molecule has 0 aliphatic rings. The zero-order chi connectivity index (χ0) is 36.0. The molecule has 0 saturated carbocycles. The van der Waals surface area contributed by atoms with E-state index in [-0.39, 0.29) is 0 Å². The molecule has 8 aromatic carbocycles. The van der Waals surface area contributed by atoms with Crippen LogP contribution in [-0.2, 0) is 0 Å². The summed E-state index contributed by atoms with van der Waals surface area (Å²) in [5.74, 6) is 0. The third-order valence-corrected chi connectivity index (χ3v) is 13.3. The summed E-state index contributed by atoms with van der Waals surface area (Å²) in [7, 11) is 0. The number of hydrogen-bond acceptors (Lipinski definition) is 4. The molecular weight excluding hydrogens is 707 g/mol. The highest BCUT2D eigenvalue weighted by Gasteiger charge is 2.25. The Hall–Kier alpha value is -6.66. The Morgan fingerprint density at radius 1 is 0.345 bits per heavy atom. The fourth-order valence-electron chi connectivity index (χ4n) is 8.67. The first-order chi connectivity index (χ1) is 27.3. The van der Waals surface area contributed by atoms with E-state index in [0.717, 1.165) is 34.1 Å². The van der Waals surface area contributed by atoms with Gasteiger partial charge >= 0.3 is 0 Å². The first-order valence-corrected chi connectivity index (χ1v) is 20.2. The molecule has 4 heterocycles. The third-order valence-electron chi connectivity index (χ3n) is 11.0. The Labute approximate surface area is 325 Å². The summed E-state index contributed by atoms with van der Waals surface area (Å²) in [5.41, 5.74) is 9.54. The zero-order valence-corrected chi connectivity index (χ0v) is 31.2. The van der Waals surface area contributed by atoms with Gasteiger partial charge in [0.15, 0.2) is 0 Å². The van der Waals surface area contributed by atoms with E-state index in [4.69, 9.17) is 0 Å². The number of rotatable bonds is 6.